The van der Waals surface area contributed by atoms with E-state index in [1.54, 1.807) is 34.1 Å². The van der Waals surface area contributed by atoms with Gasteiger partial charge in [0.2, 0.25) is 0 Å². The zero-order valence-electron chi connectivity index (χ0n) is 17.0. The Morgan fingerprint density at radius 2 is 1.69 bits per heavy atom. The van der Waals surface area contributed by atoms with Gasteiger partial charge in [0.25, 0.3) is 5.91 Å². The van der Waals surface area contributed by atoms with Gasteiger partial charge in [-0.1, -0.05) is 12.1 Å². The van der Waals surface area contributed by atoms with E-state index in [1.165, 1.54) is 24.3 Å². The lowest BCUT2D eigenvalue weighted by Gasteiger charge is -2.35. The lowest BCUT2D eigenvalue weighted by Crippen LogP contribution is -2.49. The predicted octanol–water partition coefficient (Wildman–Crippen LogP) is 5.19. The van der Waals surface area contributed by atoms with Crippen LogP contribution in [0.1, 0.15) is 22.3 Å². The summed E-state index contributed by atoms with van der Waals surface area (Å²) in [4.78, 5) is 28.4. The minimum atomic E-state index is -0.945. The molecule has 0 spiro atoms. The molecule has 3 aromatic carbocycles. The Morgan fingerprint density at radius 1 is 0.906 bits per heavy atom. The molecule has 1 aliphatic rings. The minimum absolute atomic E-state index is 0.175. The lowest BCUT2D eigenvalue weighted by atomic mass is 10.1. The van der Waals surface area contributed by atoms with E-state index in [-0.39, 0.29) is 18.1 Å². The number of amides is 3. The second kappa shape index (κ2) is 9.13. The molecule has 3 aromatic rings. The van der Waals surface area contributed by atoms with Crippen molar-refractivity contribution in [3.05, 3.63) is 95.3 Å². The third kappa shape index (κ3) is 4.74. The van der Waals surface area contributed by atoms with Gasteiger partial charge in [-0.3, -0.25) is 9.69 Å². The summed E-state index contributed by atoms with van der Waals surface area (Å²) in [5.41, 5.74) is 1.86. The SMILES string of the molecule is O=C(Nc1ccc(N2CCCN(Cc3ccc(F)c(F)c3)C2=O)cc1)c1cccc(F)c1. The molecule has 0 aliphatic carbocycles. The summed E-state index contributed by atoms with van der Waals surface area (Å²) in [6, 6.07) is 15.5. The number of nitrogens with one attached hydrogen (secondary N) is 1. The molecule has 5 nitrogen and oxygen atoms in total. The molecule has 0 aromatic heterocycles. The Bertz CT molecular complexity index is 1150. The lowest BCUT2D eigenvalue weighted by molar-refractivity contribution is 0.102. The van der Waals surface area contributed by atoms with Crippen LogP contribution in [0.15, 0.2) is 66.7 Å². The van der Waals surface area contributed by atoms with Gasteiger partial charge in [0.05, 0.1) is 0 Å². The number of anilines is 2. The Hall–Kier alpha value is -3.81. The predicted molar refractivity (Wildman–Crippen MR) is 115 cm³/mol. The highest BCUT2D eigenvalue weighted by atomic mass is 19.2. The van der Waals surface area contributed by atoms with Crippen molar-refractivity contribution >= 4 is 23.3 Å². The van der Waals surface area contributed by atoms with Crippen molar-refractivity contribution in [3.8, 4) is 0 Å². The van der Waals surface area contributed by atoms with Crippen LogP contribution in [0.2, 0.25) is 0 Å². The van der Waals surface area contributed by atoms with Crippen molar-refractivity contribution < 1.29 is 22.8 Å². The Morgan fingerprint density at radius 3 is 2.41 bits per heavy atom. The van der Waals surface area contributed by atoms with E-state index in [0.29, 0.717) is 36.4 Å². The number of nitrogens with zero attached hydrogens (tertiary/aromatic N) is 2. The van der Waals surface area contributed by atoms with Crippen LogP contribution in [0, 0.1) is 17.5 Å². The van der Waals surface area contributed by atoms with Crippen molar-refractivity contribution in [2.45, 2.75) is 13.0 Å². The van der Waals surface area contributed by atoms with Crippen LogP contribution in [-0.2, 0) is 6.54 Å². The van der Waals surface area contributed by atoms with Gasteiger partial charge in [0.1, 0.15) is 5.82 Å². The van der Waals surface area contributed by atoms with E-state index in [2.05, 4.69) is 5.32 Å². The topological polar surface area (TPSA) is 52.7 Å². The van der Waals surface area contributed by atoms with Crippen molar-refractivity contribution in [2.75, 3.05) is 23.3 Å². The monoisotopic (exact) mass is 439 g/mol. The third-order valence-electron chi connectivity index (χ3n) is 5.19. The van der Waals surface area contributed by atoms with Crippen LogP contribution in [0.3, 0.4) is 0 Å². The van der Waals surface area contributed by atoms with Crippen LogP contribution >= 0.6 is 0 Å². The quantitative estimate of drug-likeness (QED) is 0.595. The molecule has 1 saturated heterocycles. The molecular weight excluding hydrogens is 419 g/mol. The van der Waals surface area contributed by atoms with E-state index in [1.807, 2.05) is 0 Å². The smallest absolute Gasteiger partial charge is 0.322 e. The second-order valence-corrected chi connectivity index (χ2v) is 7.47. The zero-order chi connectivity index (χ0) is 22.7. The summed E-state index contributed by atoms with van der Waals surface area (Å²) in [5.74, 6) is -2.81. The molecule has 1 N–H and O–H groups in total. The molecule has 4 rings (SSSR count). The largest absolute Gasteiger partial charge is 0.324 e. The van der Waals surface area contributed by atoms with E-state index in [9.17, 15) is 22.8 Å². The van der Waals surface area contributed by atoms with Gasteiger partial charge in [-0.15, -0.1) is 0 Å². The number of hydrogen-bond donors (Lipinski definition) is 1. The van der Waals surface area contributed by atoms with Gasteiger partial charge in [0.15, 0.2) is 11.6 Å². The van der Waals surface area contributed by atoms with Crippen LogP contribution in [-0.4, -0.2) is 29.9 Å². The molecule has 3 amide bonds. The zero-order valence-corrected chi connectivity index (χ0v) is 17.0. The van der Waals surface area contributed by atoms with Gasteiger partial charge < -0.3 is 10.2 Å². The van der Waals surface area contributed by atoms with Crippen molar-refractivity contribution in [1.82, 2.24) is 4.90 Å². The molecule has 8 heteroatoms. The van der Waals surface area contributed by atoms with Gasteiger partial charge in [-0.25, -0.2) is 18.0 Å². The van der Waals surface area contributed by atoms with Crippen molar-refractivity contribution in [1.29, 1.82) is 0 Å². The van der Waals surface area contributed by atoms with Crippen LogP contribution < -0.4 is 10.2 Å². The fourth-order valence-electron chi connectivity index (χ4n) is 3.58. The number of carbonyl (C=O) groups is 2. The van der Waals surface area contributed by atoms with Gasteiger partial charge in [-0.05, 0) is 66.6 Å². The Balaban J connectivity index is 1.43. The van der Waals surface area contributed by atoms with E-state index >= 15 is 0 Å². The molecule has 32 heavy (non-hydrogen) atoms. The number of urea groups is 1. The summed E-state index contributed by atoms with van der Waals surface area (Å²) >= 11 is 0. The highest BCUT2D eigenvalue weighted by Crippen LogP contribution is 2.24. The summed E-state index contributed by atoms with van der Waals surface area (Å²) in [5, 5.41) is 2.69. The molecule has 0 bridgehead atoms. The van der Waals surface area contributed by atoms with E-state index < -0.39 is 23.4 Å². The maximum absolute atomic E-state index is 13.5. The molecule has 0 radical (unpaired) electrons. The first-order valence-electron chi connectivity index (χ1n) is 10.1. The fraction of sp³-hybridized carbons (Fsp3) is 0.167. The molecule has 0 saturated carbocycles. The van der Waals surface area contributed by atoms with Crippen molar-refractivity contribution in [3.63, 3.8) is 0 Å². The van der Waals surface area contributed by atoms with E-state index in [0.717, 1.165) is 18.2 Å². The Kier molecular flexibility index (Phi) is 6.11. The third-order valence-corrected chi connectivity index (χ3v) is 5.19. The van der Waals surface area contributed by atoms with Gasteiger partial charge in [-0.2, -0.15) is 0 Å². The number of rotatable bonds is 5. The first-order chi connectivity index (χ1) is 15.4. The summed E-state index contributed by atoms with van der Waals surface area (Å²) in [6.07, 6.45) is 0.716. The second-order valence-electron chi connectivity index (χ2n) is 7.47. The average Bonchev–Trinajstić information content (AvgIpc) is 2.78. The highest BCUT2D eigenvalue weighted by Gasteiger charge is 2.27. The molecule has 0 unspecified atom stereocenters. The number of hydrogen-bond acceptors (Lipinski definition) is 2. The molecule has 1 heterocycles. The first kappa shape index (κ1) is 21.4. The molecular formula is C24H20F3N3O2. The minimum Gasteiger partial charge on any atom is -0.322 e. The molecule has 1 aliphatic heterocycles. The number of halogens is 3. The maximum atomic E-state index is 13.5. The number of benzene rings is 3. The molecule has 1 fully saturated rings. The summed E-state index contributed by atoms with van der Waals surface area (Å²) < 4.78 is 40.0. The summed E-state index contributed by atoms with van der Waals surface area (Å²) in [6.45, 7) is 1.20. The summed E-state index contributed by atoms with van der Waals surface area (Å²) in [7, 11) is 0. The number of carbonyl (C=O) groups excluding carboxylic acids is 2. The molecule has 164 valence electrons. The van der Waals surface area contributed by atoms with Crippen LogP contribution in [0.4, 0.5) is 29.3 Å². The van der Waals surface area contributed by atoms with Gasteiger partial charge >= 0.3 is 6.03 Å². The highest BCUT2D eigenvalue weighted by molar-refractivity contribution is 6.04. The van der Waals surface area contributed by atoms with Gasteiger partial charge in [0, 0.05) is 36.6 Å². The average molecular weight is 439 g/mol. The Labute approximate surface area is 183 Å². The van der Waals surface area contributed by atoms with Crippen LogP contribution in [0.5, 0.6) is 0 Å². The fourth-order valence-corrected chi connectivity index (χ4v) is 3.58. The normalized spacial score (nSPS) is 13.9. The van der Waals surface area contributed by atoms with Crippen molar-refractivity contribution in [2.24, 2.45) is 0 Å². The van der Waals surface area contributed by atoms with E-state index in [4.69, 9.17) is 0 Å². The maximum Gasteiger partial charge on any atom is 0.324 e. The first-order valence-corrected chi connectivity index (χ1v) is 10.1. The standard InChI is InChI=1S/C24H20F3N3O2/c25-18-4-1-3-17(14-18)23(31)28-19-6-8-20(9-7-19)30-12-2-11-29(24(30)32)15-16-5-10-21(26)22(27)13-16/h1,3-10,13-14H,2,11-12,15H2,(H,28,31). The van der Waals surface area contributed by atoms with Crippen LogP contribution in [0.25, 0.3) is 0 Å². The molecule has 0 atom stereocenters.